The Balaban J connectivity index is 1.70. The first-order valence-electron chi connectivity index (χ1n) is 7.57. The van der Waals surface area contributed by atoms with Crippen molar-refractivity contribution >= 4 is 0 Å². The van der Waals surface area contributed by atoms with Crippen molar-refractivity contribution in [3.63, 3.8) is 0 Å². The van der Waals surface area contributed by atoms with Crippen LogP contribution < -0.4 is 16.0 Å². The molecule has 4 nitrogen and oxygen atoms in total. The van der Waals surface area contributed by atoms with Gasteiger partial charge in [0.1, 0.15) is 5.75 Å². The Kier molecular flexibility index (Phi) is 4.24. The highest BCUT2D eigenvalue weighted by Gasteiger charge is 2.32. The van der Waals surface area contributed by atoms with E-state index in [2.05, 4.69) is 30.5 Å². The van der Waals surface area contributed by atoms with Crippen LogP contribution >= 0.6 is 0 Å². The van der Waals surface area contributed by atoms with Crippen molar-refractivity contribution in [2.75, 3.05) is 13.2 Å². The van der Waals surface area contributed by atoms with Gasteiger partial charge < -0.3 is 9.47 Å². The van der Waals surface area contributed by atoms with Crippen LogP contribution in [-0.4, -0.2) is 25.4 Å². The Morgan fingerprint density at radius 1 is 1.40 bits per heavy atom. The van der Waals surface area contributed by atoms with Gasteiger partial charge in [0.15, 0.2) is 0 Å². The first kappa shape index (κ1) is 13.9. The molecule has 0 aliphatic carbocycles. The van der Waals surface area contributed by atoms with Crippen LogP contribution in [0.15, 0.2) is 24.3 Å². The van der Waals surface area contributed by atoms with Crippen molar-refractivity contribution in [3.05, 3.63) is 29.8 Å². The summed E-state index contributed by atoms with van der Waals surface area (Å²) in [6.07, 6.45) is 3.58. The number of fused-ring (bicyclic) bond motifs is 1. The maximum atomic E-state index is 5.80. The molecule has 4 unspecified atom stereocenters. The highest BCUT2D eigenvalue weighted by molar-refractivity contribution is 5.37. The minimum Gasteiger partial charge on any atom is -0.493 e. The zero-order valence-corrected chi connectivity index (χ0v) is 12.0. The van der Waals surface area contributed by atoms with Gasteiger partial charge in [0.2, 0.25) is 0 Å². The molecule has 0 saturated carbocycles. The molecule has 3 rings (SSSR count). The molecule has 2 heterocycles. The quantitative estimate of drug-likeness (QED) is 0.654. The highest BCUT2D eigenvalue weighted by atomic mass is 16.5. The van der Waals surface area contributed by atoms with Crippen molar-refractivity contribution in [3.8, 4) is 5.75 Å². The molecule has 0 amide bonds. The molecule has 110 valence electrons. The van der Waals surface area contributed by atoms with E-state index in [9.17, 15) is 0 Å². The summed E-state index contributed by atoms with van der Waals surface area (Å²) in [5.74, 6) is 7.88. The smallest absolute Gasteiger partial charge is 0.122 e. The van der Waals surface area contributed by atoms with Crippen LogP contribution in [0.2, 0.25) is 0 Å². The highest BCUT2D eigenvalue weighted by Crippen LogP contribution is 2.38. The first-order valence-corrected chi connectivity index (χ1v) is 7.57. The Labute approximate surface area is 120 Å². The molecule has 4 atom stereocenters. The molecule has 1 fully saturated rings. The number of benzene rings is 1. The van der Waals surface area contributed by atoms with Crippen LogP contribution in [0.5, 0.6) is 5.75 Å². The van der Waals surface area contributed by atoms with E-state index in [1.165, 1.54) is 5.56 Å². The molecule has 0 aromatic heterocycles. The Hall–Kier alpha value is -1.10. The molecule has 20 heavy (non-hydrogen) atoms. The van der Waals surface area contributed by atoms with Gasteiger partial charge in [-0.3, -0.25) is 11.3 Å². The maximum Gasteiger partial charge on any atom is 0.122 e. The van der Waals surface area contributed by atoms with Crippen LogP contribution in [-0.2, 0) is 4.74 Å². The standard InChI is InChI=1S/C16H24N2O2/c1-11-8-13(10-20-11)15(18-17)9-12-6-7-19-16-5-3-2-4-14(12)16/h2-5,11-13,15,18H,6-10,17H2,1H3. The van der Waals surface area contributed by atoms with Gasteiger partial charge >= 0.3 is 0 Å². The number of hydrazine groups is 1. The van der Waals surface area contributed by atoms with Crippen LogP contribution in [0.4, 0.5) is 0 Å². The van der Waals surface area contributed by atoms with Gasteiger partial charge in [-0.2, -0.15) is 0 Å². The van der Waals surface area contributed by atoms with Crippen LogP contribution in [0.1, 0.15) is 37.7 Å². The van der Waals surface area contributed by atoms with Crippen molar-refractivity contribution in [2.24, 2.45) is 11.8 Å². The second-order valence-corrected chi connectivity index (χ2v) is 6.02. The summed E-state index contributed by atoms with van der Waals surface area (Å²) in [5.41, 5.74) is 4.35. The largest absolute Gasteiger partial charge is 0.493 e. The van der Waals surface area contributed by atoms with E-state index in [1.807, 2.05) is 6.07 Å². The molecular formula is C16H24N2O2. The maximum absolute atomic E-state index is 5.80. The van der Waals surface area contributed by atoms with Gasteiger partial charge in [0.05, 0.1) is 19.3 Å². The van der Waals surface area contributed by atoms with Crippen molar-refractivity contribution in [1.29, 1.82) is 0 Å². The summed E-state index contributed by atoms with van der Waals surface area (Å²) < 4.78 is 11.4. The third-order valence-corrected chi connectivity index (χ3v) is 4.63. The fourth-order valence-electron chi connectivity index (χ4n) is 3.49. The average molecular weight is 276 g/mol. The molecule has 2 aliphatic rings. The van der Waals surface area contributed by atoms with Gasteiger partial charge in [-0.1, -0.05) is 18.2 Å². The van der Waals surface area contributed by atoms with E-state index in [0.29, 0.717) is 24.0 Å². The predicted molar refractivity (Wildman–Crippen MR) is 78.5 cm³/mol. The molecule has 2 aliphatic heterocycles. The third kappa shape index (κ3) is 2.82. The Morgan fingerprint density at radius 3 is 3.00 bits per heavy atom. The fraction of sp³-hybridized carbons (Fsp3) is 0.625. The summed E-state index contributed by atoms with van der Waals surface area (Å²) in [7, 11) is 0. The van der Waals surface area contributed by atoms with E-state index in [1.54, 1.807) is 0 Å². The molecule has 4 heteroatoms. The summed E-state index contributed by atoms with van der Waals surface area (Å²) >= 11 is 0. The molecule has 0 spiro atoms. The number of hydrogen-bond acceptors (Lipinski definition) is 4. The molecule has 1 aromatic carbocycles. The zero-order valence-electron chi connectivity index (χ0n) is 12.0. The van der Waals surface area contributed by atoms with E-state index < -0.39 is 0 Å². The number of nitrogens with one attached hydrogen (secondary N) is 1. The topological polar surface area (TPSA) is 56.5 Å². The lowest BCUT2D eigenvalue weighted by molar-refractivity contribution is 0.115. The van der Waals surface area contributed by atoms with Crippen LogP contribution in [0, 0.1) is 5.92 Å². The lowest BCUT2D eigenvalue weighted by Crippen LogP contribution is -2.42. The zero-order chi connectivity index (χ0) is 13.9. The second kappa shape index (κ2) is 6.12. The normalized spacial score (nSPS) is 30.6. The molecule has 0 radical (unpaired) electrons. The molecule has 1 aromatic rings. The monoisotopic (exact) mass is 276 g/mol. The minimum absolute atomic E-state index is 0.316. The summed E-state index contributed by atoms with van der Waals surface area (Å²) in [6, 6.07) is 8.68. The summed E-state index contributed by atoms with van der Waals surface area (Å²) in [5, 5.41) is 0. The lowest BCUT2D eigenvalue weighted by atomic mass is 9.83. The van der Waals surface area contributed by atoms with E-state index >= 15 is 0 Å². The molecule has 0 bridgehead atoms. The van der Waals surface area contributed by atoms with Crippen LogP contribution in [0.3, 0.4) is 0 Å². The predicted octanol–water partition coefficient (Wildman–Crippen LogP) is 2.20. The number of hydrogen-bond donors (Lipinski definition) is 2. The molecule has 3 N–H and O–H groups in total. The van der Waals surface area contributed by atoms with Crippen molar-refractivity contribution in [1.82, 2.24) is 5.43 Å². The van der Waals surface area contributed by atoms with Gasteiger partial charge in [0, 0.05) is 12.0 Å². The summed E-state index contributed by atoms with van der Waals surface area (Å²) in [4.78, 5) is 0. The number of ether oxygens (including phenoxy) is 2. The van der Waals surface area contributed by atoms with Gasteiger partial charge in [-0.05, 0) is 43.7 Å². The minimum atomic E-state index is 0.316. The number of rotatable bonds is 4. The Bertz CT molecular complexity index is 452. The number of para-hydroxylation sites is 1. The SMILES string of the molecule is CC1CC(C(CC2CCOc3ccccc32)NN)CO1. The molecule has 1 saturated heterocycles. The molecular weight excluding hydrogens is 252 g/mol. The van der Waals surface area contributed by atoms with E-state index in [0.717, 1.165) is 38.2 Å². The third-order valence-electron chi connectivity index (χ3n) is 4.63. The van der Waals surface area contributed by atoms with Gasteiger partial charge in [0.25, 0.3) is 0 Å². The first-order chi connectivity index (χ1) is 9.78. The van der Waals surface area contributed by atoms with E-state index in [-0.39, 0.29) is 0 Å². The fourth-order valence-corrected chi connectivity index (χ4v) is 3.49. The van der Waals surface area contributed by atoms with E-state index in [4.69, 9.17) is 15.3 Å². The van der Waals surface area contributed by atoms with Crippen molar-refractivity contribution in [2.45, 2.75) is 44.2 Å². The van der Waals surface area contributed by atoms with Crippen molar-refractivity contribution < 1.29 is 9.47 Å². The summed E-state index contributed by atoms with van der Waals surface area (Å²) in [6.45, 7) is 3.76. The number of nitrogens with two attached hydrogens (primary N) is 1. The average Bonchev–Trinajstić information content (AvgIpc) is 2.91. The van der Waals surface area contributed by atoms with Crippen LogP contribution in [0.25, 0.3) is 0 Å². The van der Waals surface area contributed by atoms with Gasteiger partial charge in [-0.15, -0.1) is 0 Å². The second-order valence-electron chi connectivity index (χ2n) is 6.02. The lowest BCUT2D eigenvalue weighted by Gasteiger charge is -2.31. The van der Waals surface area contributed by atoms with Gasteiger partial charge in [-0.25, -0.2) is 0 Å². The Morgan fingerprint density at radius 2 is 2.25 bits per heavy atom.